The summed E-state index contributed by atoms with van der Waals surface area (Å²) in [5.41, 5.74) is 0. The van der Waals surface area contributed by atoms with Crippen molar-refractivity contribution in [1.29, 1.82) is 0 Å². The lowest BCUT2D eigenvalue weighted by Gasteiger charge is -2.47. The van der Waals surface area contributed by atoms with E-state index in [4.69, 9.17) is 37.7 Å². The molecule has 0 amide bonds. The standard InChI is InChI=1S/C33H78O9Si9/c1-43(2,26-23-29-19-20-31-32(27-29)34-31)35-45(5,6)37-47(9,10)39-49(13,14)41-51(17,18)42-50(15,16)40-48(11,12)38-46(7,8)36-44(3,4)33-24-21-30(28-33)22-25-33/h29-32H,19-28H2,1-18H3. The van der Waals surface area contributed by atoms with E-state index in [1.54, 1.807) is 0 Å². The number of hydrogen-bond donors (Lipinski definition) is 0. The molecular weight excluding hydrogens is 793 g/mol. The molecular formula is C33H78O9Si9. The Bertz CT molecular complexity index is 1200. The van der Waals surface area contributed by atoms with E-state index < -0.39 is 76.6 Å². The summed E-state index contributed by atoms with van der Waals surface area (Å²) in [7, 11) is -21.8. The second kappa shape index (κ2) is 15.4. The molecule has 51 heavy (non-hydrogen) atoms. The highest BCUT2D eigenvalue weighted by atomic mass is 28.5. The van der Waals surface area contributed by atoms with E-state index in [9.17, 15) is 0 Å². The lowest BCUT2D eigenvalue weighted by Crippen LogP contribution is -2.62. The summed E-state index contributed by atoms with van der Waals surface area (Å²) in [6, 6.07) is 1.16. The summed E-state index contributed by atoms with van der Waals surface area (Å²) in [4.78, 5) is 0. The first-order valence-electron chi connectivity index (χ1n) is 20.0. The molecule has 4 aliphatic rings. The Hall–Kier alpha value is 1.59. The van der Waals surface area contributed by atoms with Crippen molar-refractivity contribution in [3.63, 3.8) is 0 Å². The summed E-state index contributed by atoms with van der Waals surface area (Å²) >= 11 is 0. The van der Waals surface area contributed by atoms with E-state index in [2.05, 4.69) is 118 Å². The molecule has 1 heterocycles. The van der Waals surface area contributed by atoms with Crippen LogP contribution in [0.15, 0.2) is 0 Å². The summed E-state index contributed by atoms with van der Waals surface area (Å²) in [5.74, 6) is 1.70. The quantitative estimate of drug-likeness (QED) is 0.0877. The summed E-state index contributed by atoms with van der Waals surface area (Å²) < 4.78 is 61.2. The molecule has 3 aliphatic carbocycles. The van der Waals surface area contributed by atoms with Crippen molar-refractivity contribution in [3.8, 4) is 0 Å². The molecule has 3 unspecified atom stereocenters. The number of rotatable bonds is 20. The summed E-state index contributed by atoms with van der Waals surface area (Å²) in [6.07, 6.45) is 12.9. The molecule has 18 heteroatoms. The molecule has 9 nitrogen and oxygen atoms in total. The maximum absolute atomic E-state index is 7.14. The summed E-state index contributed by atoms with van der Waals surface area (Å²) in [6.45, 7) is 39.8. The van der Waals surface area contributed by atoms with Crippen molar-refractivity contribution in [1.82, 2.24) is 0 Å². The number of ether oxygens (including phenoxy) is 1. The Morgan fingerprint density at radius 2 is 0.863 bits per heavy atom. The fourth-order valence-corrected chi connectivity index (χ4v) is 57.6. The Balaban J connectivity index is 1.27. The topological polar surface area (TPSA) is 86.4 Å². The Morgan fingerprint density at radius 3 is 1.24 bits per heavy atom. The fraction of sp³-hybridized carbons (Fsp3) is 1.00. The van der Waals surface area contributed by atoms with Crippen LogP contribution in [-0.2, 0) is 37.7 Å². The van der Waals surface area contributed by atoms with Crippen LogP contribution in [0.1, 0.15) is 57.8 Å². The van der Waals surface area contributed by atoms with E-state index >= 15 is 0 Å². The molecule has 0 aromatic carbocycles. The van der Waals surface area contributed by atoms with Gasteiger partial charge in [0, 0.05) is 0 Å². The fourth-order valence-electron chi connectivity index (χ4n) is 10.5. The smallest absolute Gasteiger partial charge is 0.314 e. The van der Waals surface area contributed by atoms with E-state index in [0.717, 1.165) is 17.9 Å². The minimum absolute atomic E-state index is 0.428. The van der Waals surface area contributed by atoms with E-state index in [0.29, 0.717) is 17.2 Å². The first kappa shape index (κ1) is 45.3. The molecule has 0 spiro atoms. The van der Waals surface area contributed by atoms with Crippen LogP contribution in [0, 0.1) is 11.8 Å². The number of hydrogen-bond acceptors (Lipinski definition) is 9. The highest BCUT2D eigenvalue weighted by Gasteiger charge is 2.58. The maximum Gasteiger partial charge on any atom is 0.314 e. The minimum Gasteiger partial charge on any atom is -0.436 e. The third kappa shape index (κ3) is 13.6. The van der Waals surface area contributed by atoms with Crippen LogP contribution < -0.4 is 0 Å². The van der Waals surface area contributed by atoms with Crippen molar-refractivity contribution in [2.45, 2.75) is 199 Å². The van der Waals surface area contributed by atoms with Crippen LogP contribution >= 0.6 is 0 Å². The van der Waals surface area contributed by atoms with Gasteiger partial charge in [0.1, 0.15) is 0 Å². The van der Waals surface area contributed by atoms with Crippen LogP contribution in [-0.4, -0.2) is 88.8 Å². The van der Waals surface area contributed by atoms with Crippen molar-refractivity contribution >= 4 is 76.6 Å². The van der Waals surface area contributed by atoms with Crippen LogP contribution in [0.3, 0.4) is 0 Å². The number of fused-ring (bicyclic) bond motifs is 3. The zero-order valence-electron chi connectivity index (χ0n) is 36.1. The van der Waals surface area contributed by atoms with Crippen molar-refractivity contribution in [2.24, 2.45) is 11.8 Å². The molecule has 0 aromatic heterocycles. The first-order valence-corrected chi connectivity index (χ1v) is 45.7. The third-order valence-corrected chi connectivity index (χ3v) is 47.8. The van der Waals surface area contributed by atoms with Gasteiger partial charge in [0.25, 0.3) is 0 Å². The highest BCUT2D eigenvalue weighted by Crippen LogP contribution is 2.65. The van der Waals surface area contributed by atoms with Gasteiger partial charge in [-0.1, -0.05) is 19.3 Å². The lowest BCUT2D eigenvalue weighted by atomic mass is 9.88. The van der Waals surface area contributed by atoms with Gasteiger partial charge in [-0.15, -0.1) is 0 Å². The second-order valence-electron chi connectivity index (χ2n) is 20.7. The molecule has 4 rings (SSSR count). The normalized spacial score (nSPS) is 28.4. The van der Waals surface area contributed by atoms with Gasteiger partial charge in [0.2, 0.25) is 0 Å². The first-order chi connectivity index (χ1) is 22.7. The predicted molar refractivity (Wildman–Crippen MR) is 231 cm³/mol. The van der Waals surface area contributed by atoms with Crippen LogP contribution in [0.4, 0.5) is 0 Å². The monoisotopic (exact) mass is 870 g/mol. The van der Waals surface area contributed by atoms with E-state index in [1.165, 1.54) is 57.8 Å². The van der Waals surface area contributed by atoms with Gasteiger partial charge in [0.15, 0.2) is 16.6 Å². The Kier molecular flexibility index (Phi) is 13.7. The molecule has 3 atom stereocenters. The average molecular weight is 872 g/mol. The zero-order chi connectivity index (χ0) is 38.7. The summed E-state index contributed by atoms with van der Waals surface area (Å²) in [5, 5.41) is 0.428. The molecule has 4 fully saturated rings. The minimum atomic E-state index is -2.65. The molecule has 0 aromatic rings. The van der Waals surface area contributed by atoms with Gasteiger partial charge in [-0.3, -0.25) is 0 Å². The molecule has 3 saturated carbocycles. The van der Waals surface area contributed by atoms with Crippen LogP contribution in [0.2, 0.25) is 129 Å². The highest BCUT2D eigenvalue weighted by molar-refractivity contribution is 6.93. The lowest BCUT2D eigenvalue weighted by molar-refractivity contribution is 0.259. The van der Waals surface area contributed by atoms with Gasteiger partial charge < -0.3 is 37.7 Å². The molecule has 1 aliphatic heterocycles. The van der Waals surface area contributed by atoms with E-state index in [1.807, 2.05) is 0 Å². The van der Waals surface area contributed by atoms with Crippen molar-refractivity contribution < 1.29 is 37.7 Å². The van der Waals surface area contributed by atoms with Crippen molar-refractivity contribution in [3.05, 3.63) is 0 Å². The van der Waals surface area contributed by atoms with Gasteiger partial charge >= 0.3 is 59.9 Å². The largest absolute Gasteiger partial charge is 0.436 e. The maximum atomic E-state index is 7.14. The van der Waals surface area contributed by atoms with Crippen LogP contribution in [0.25, 0.3) is 0 Å². The van der Waals surface area contributed by atoms with Gasteiger partial charge in [0.05, 0.1) is 12.2 Å². The average Bonchev–Trinajstić information content (AvgIpc) is 3.29. The Labute approximate surface area is 323 Å². The van der Waals surface area contributed by atoms with Crippen molar-refractivity contribution in [2.75, 3.05) is 0 Å². The molecule has 0 radical (unpaired) electrons. The third-order valence-electron chi connectivity index (χ3n) is 11.3. The van der Waals surface area contributed by atoms with Crippen LogP contribution in [0.5, 0.6) is 0 Å². The predicted octanol–water partition coefficient (Wildman–Crippen LogP) is 10.7. The van der Waals surface area contributed by atoms with Gasteiger partial charge in [-0.25, -0.2) is 0 Å². The zero-order valence-corrected chi connectivity index (χ0v) is 45.1. The molecule has 300 valence electrons. The second-order valence-corrected chi connectivity index (χ2v) is 55.0. The van der Waals surface area contributed by atoms with Gasteiger partial charge in [-0.2, -0.15) is 0 Å². The SMILES string of the molecule is C[Si](C)(CCC1CCC2OC2C1)O[Si](C)(C)O[Si](C)(C)O[Si](C)(C)O[Si](C)(C)O[Si](C)(C)O[Si](C)(C)O[Si](C)(C)O[Si](C)(C)C12CCC(CC1)C2. The van der Waals surface area contributed by atoms with Gasteiger partial charge in [-0.05, 0) is 179 Å². The van der Waals surface area contributed by atoms with E-state index in [-0.39, 0.29) is 0 Å². The molecule has 0 N–H and O–H groups in total. The molecule has 1 saturated heterocycles. The number of epoxide rings is 1. The molecule has 2 bridgehead atoms. The Morgan fingerprint density at radius 1 is 0.471 bits per heavy atom.